The van der Waals surface area contributed by atoms with E-state index in [4.69, 9.17) is 14.9 Å². The van der Waals surface area contributed by atoms with Crippen LogP contribution in [0.2, 0.25) is 0 Å². The van der Waals surface area contributed by atoms with Crippen LogP contribution < -0.4 is 15.4 Å². The summed E-state index contributed by atoms with van der Waals surface area (Å²) in [7, 11) is 0. The van der Waals surface area contributed by atoms with Gasteiger partial charge in [0.25, 0.3) is 0 Å². The number of fused-ring (bicyclic) bond motifs is 1. The average molecular weight is 459 g/mol. The molecule has 0 aliphatic rings. The third-order valence-electron chi connectivity index (χ3n) is 5.20. The summed E-state index contributed by atoms with van der Waals surface area (Å²) < 4.78 is 6.85. The summed E-state index contributed by atoms with van der Waals surface area (Å²) in [6.07, 6.45) is 0. The van der Waals surface area contributed by atoms with Crippen molar-refractivity contribution in [2.75, 3.05) is 17.2 Å². The van der Waals surface area contributed by atoms with Gasteiger partial charge in [-0.1, -0.05) is 57.2 Å². The molecular weight excluding hydrogens is 432 g/mol. The minimum atomic E-state index is -1.05. The molecule has 3 aromatic carbocycles. The number of rotatable bonds is 6. The number of nitrogens with one attached hydrogen (secondary N) is 2. The second-order valence-corrected chi connectivity index (χ2v) is 8.86. The molecule has 4 rings (SSSR count). The third-order valence-corrected chi connectivity index (χ3v) is 5.20. The van der Waals surface area contributed by atoms with Gasteiger partial charge in [0, 0.05) is 16.9 Å². The number of carboxylic acids is 1. The number of benzene rings is 3. The summed E-state index contributed by atoms with van der Waals surface area (Å²) in [6.45, 7) is 5.71. The van der Waals surface area contributed by atoms with E-state index in [1.807, 2.05) is 69.3 Å². The highest BCUT2D eigenvalue weighted by Gasteiger charge is 2.22. The molecule has 34 heavy (non-hydrogen) atoms. The third kappa shape index (κ3) is 5.17. The van der Waals surface area contributed by atoms with Gasteiger partial charge in [0.05, 0.1) is 17.1 Å². The lowest BCUT2D eigenvalue weighted by Gasteiger charge is -2.14. The number of carbonyl (C=O) groups is 2. The molecule has 4 aromatic rings. The van der Waals surface area contributed by atoms with Crippen LogP contribution in [0, 0.1) is 0 Å². The van der Waals surface area contributed by atoms with E-state index in [0.717, 1.165) is 16.5 Å². The Morgan fingerprint density at radius 3 is 2.38 bits per heavy atom. The van der Waals surface area contributed by atoms with Crippen LogP contribution >= 0.6 is 0 Å². The lowest BCUT2D eigenvalue weighted by atomic mass is 9.92. The maximum absolute atomic E-state index is 12.9. The SMILES string of the molecule is CC(C)(C)c1cc(NC(=O)Nc2cccc3ccccc23)n(-c2ccc(OCC(=O)O)cc2)n1. The zero-order chi connectivity index (χ0) is 24.3. The highest BCUT2D eigenvalue weighted by Crippen LogP contribution is 2.28. The van der Waals surface area contributed by atoms with Gasteiger partial charge in [0.2, 0.25) is 0 Å². The summed E-state index contributed by atoms with van der Waals surface area (Å²) in [6, 6.07) is 21.9. The number of carboxylic acid groups (broad SMARTS) is 1. The van der Waals surface area contributed by atoms with Crippen LogP contribution in [0.3, 0.4) is 0 Å². The number of amides is 2. The van der Waals surface area contributed by atoms with Crippen LogP contribution in [0.1, 0.15) is 26.5 Å². The van der Waals surface area contributed by atoms with Gasteiger partial charge in [0.1, 0.15) is 11.6 Å². The van der Waals surface area contributed by atoms with Gasteiger partial charge in [-0.15, -0.1) is 0 Å². The Bertz CT molecular complexity index is 1330. The Hall–Kier alpha value is -4.33. The molecule has 0 saturated carbocycles. The smallest absolute Gasteiger partial charge is 0.341 e. The molecule has 0 atom stereocenters. The van der Waals surface area contributed by atoms with Gasteiger partial charge in [-0.2, -0.15) is 5.10 Å². The summed E-state index contributed by atoms with van der Waals surface area (Å²) >= 11 is 0. The lowest BCUT2D eigenvalue weighted by Crippen LogP contribution is -2.21. The number of aliphatic carboxylic acids is 1. The van der Waals surface area contributed by atoms with E-state index >= 15 is 0 Å². The number of carbonyl (C=O) groups excluding carboxylic acids is 1. The minimum Gasteiger partial charge on any atom is -0.482 e. The molecule has 8 heteroatoms. The molecule has 8 nitrogen and oxygen atoms in total. The number of ether oxygens (including phenoxy) is 1. The van der Waals surface area contributed by atoms with E-state index in [-0.39, 0.29) is 11.4 Å². The first-order valence-electron chi connectivity index (χ1n) is 10.8. The predicted octanol–water partition coefficient (Wildman–Crippen LogP) is 5.43. The zero-order valence-corrected chi connectivity index (χ0v) is 19.2. The molecule has 0 fully saturated rings. The molecule has 3 N–H and O–H groups in total. The van der Waals surface area contributed by atoms with Crippen molar-refractivity contribution in [2.45, 2.75) is 26.2 Å². The Labute approximate surface area is 197 Å². The highest BCUT2D eigenvalue weighted by atomic mass is 16.5. The molecular formula is C26H26N4O4. The molecule has 0 aliphatic carbocycles. The molecule has 2 amide bonds. The van der Waals surface area contributed by atoms with Crippen LogP contribution in [-0.2, 0) is 10.2 Å². The van der Waals surface area contributed by atoms with Crippen LogP contribution in [0.4, 0.5) is 16.3 Å². The number of hydrogen-bond donors (Lipinski definition) is 3. The van der Waals surface area contributed by atoms with Crippen molar-refractivity contribution in [3.63, 3.8) is 0 Å². The summed E-state index contributed by atoms with van der Waals surface area (Å²) in [4.78, 5) is 23.7. The maximum Gasteiger partial charge on any atom is 0.341 e. The molecule has 0 bridgehead atoms. The number of nitrogens with zero attached hydrogens (tertiary/aromatic N) is 2. The van der Waals surface area contributed by atoms with Crippen molar-refractivity contribution < 1.29 is 19.4 Å². The summed E-state index contributed by atoms with van der Waals surface area (Å²) in [5.41, 5.74) is 1.97. The van der Waals surface area contributed by atoms with Crippen LogP contribution in [0.25, 0.3) is 16.5 Å². The Balaban J connectivity index is 1.60. The number of aromatic nitrogens is 2. The fraction of sp³-hybridized carbons (Fsp3) is 0.192. The van der Waals surface area contributed by atoms with Crippen LogP contribution in [0.5, 0.6) is 5.75 Å². The van der Waals surface area contributed by atoms with Crippen LogP contribution in [0.15, 0.2) is 72.8 Å². The van der Waals surface area contributed by atoms with Gasteiger partial charge in [0.15, 0.2) is 6.61 Å². The Kier molecular flexibility index (Phi) is 6.23. The summed E-state index contributed by atoms with van der Waals surface area (Å²) in [5.74, 6) is -0.117. The molecule has 0 radical (unpaired) electrons. The Morgan fingerprint density at radius 2 is 1.68 bits per heavy atom. The number of hydrogen-bond acceptors (Lipinski definition) is 4. The fourth-order valence-corrected chi connectivity index (χ4v) is 3.47. The van der Waals surface area contributed by atoms with Gasteiger partial charge in [-0.25, -0.2) is 14.3 Å². The summed E-state index contributed by atoms with van der Waals surface area (Å²) in [5, 5.41) is 21.3. The standard InChI is InChI=1S/C26H26N4O4/c1-26(2,3)22-15-23(30(29-22)18-11-13-19(14-12-18)34-16-24(31)32)28-25(33)27-21-10-6-8-17-7-4-5-9-20(17)21/h4-15H,16H2,1-3H3,(H,31,32)(H2,27,28,33). The van der Waals surface area contributed by atoms with Gasteiger partial charge >= 0.3 is 12.0 Å². The fourth-order valence-electron chi connectivity index (χ4n) is 3.47. The number of anilines is 2. The van der Waals surface area contributed by atoms with E-state index < -0.39 is 12.6 Å². The van der Waals surface area contributed by atoms with Crippen molar-refractivity contribution in [3.8, 4) is 11.4 Å². The van der Waals surface area contributed by atoms with Crippen molar-refractivity contribution in [2.24, 2.45) is 0 Å². The monoisotopic (exact) mass is 458 g/mol. The zero-order valence-electron chi connectivity index (χ0n) is 19.2. The maximum atomic E-state index is 12.9. The van der Waals surface area contributed by atoms with E-state index in [9.17, 15) is 9.59 Å². The van der Waals surface area contributed by atoms with Crippen molar-refractivity contribution in [3.05, 3.63) is 78.5 Å². The second-order valence-electron chi connectivity index (χ2n) is 8.86. The second kappa shape index (κ2) is 9.27. The van der Waals surface area contributed by atoms with Gasteiger partial charge in [-0.05, 0) is 35.7 Å². The van der Waals surface area contributed by atoms with E-state index in [0.29, 0.717) is 22.9 Å². The predicted molar refractivity (Wildman–Crippen MR) is 132 cm³/mol. The highest BCUT2D eigenvalue weighted by molar-refractivity contribution is 6.06. The van der Waals surface area contributed by atoms with Crippen LogP contribution in [-0.4, -0.2) is 33.5 Å². The first-order chi connectivity index (χ1) is 16.2. The first kappa shape index (κ1) is 22.8. The minimum absolute atomic E-state index is 0.238. The molecule has 0 saturated heterocycles. The van der Waals surface area contributed by atoms with E-state index in [2.05, 4.69) is 10.6 Å². The van der Waals surface area contributed by atoms with Crippen molar-refractivity contribution in [1.82, 2.24) is 9.78 Å². The molecule has 174 valence electrons. The first-order valence-corrected chi connectivity index (χ1v) is 10.8. The molecule has 0 unspecified atom stereocenters. The number of urea groups is 1. The van der Waals surface area contributed by atoms with Crippen molar-refractivity contribution >= 4 is 34.3 Å². The Morgan fingerprint density at radius 1 is 0.971 bits per heavy atom. The lowest BCUT2D eigenvalue weighted by molar-refractivity contribution is -0.139. The van der Waals surface area contributed by atoms with E-state index in [1.165, 1.54) is 0 Å². The van der Waals surface area contributed by atoms with Gasteiger partial charge < -0.3 is 15.2 Å². The molecule has 1 heterocycles. The average Bonchev–Trinajstić information content (AvgIpc) is 3.22. The molecule has 0 aliphatic heterocycles. The van der Waals surface area contributed by atoms with Gasteiger partial charge in [-0.3, -0.25) is 5.32 Å². The van der Waals surface area contributed by atoms with E-state index in [1.54, 1.807) is 28.9 Å². The quantitative estimate of drug-likeness (QED) is 0.357. The largest absolute Gasteiger partial charge is 0.482 e. The van der Waals surface area contributed by atoms with Crippen molar-refractivity contribution in [1.29, 1.82) is 0 Å². The normalized spacial score (nSPS) is 11.3. The molecule has 1 aromatic heterocycles. The molecule has 0 spiro atoms. The topological polar surface area (TPSA) is 105 Å².